The maximum absolute atomic E-state index is 5.06. The van der Waals surface area contributed by atoms with E-state index in [0.717, 1.165) is 5.82 Å². The molecule has 2 aromatic rings. The van der Waals surface area contributed by atoms with Crippen molar-refractivity contribution in [2.75, 3.05) is 0 Å². The number of nitrogens with zero attached hydrogens (tertiary/aromatic N) is 3. The van der Waals surface area contributed by atoms with Crippen LogP contribution in [0.5, 0.6) is 0 Å². The van der Waals surface area contributed by atoms with E-state index in [1.54, 1.807) is 0 Å². The van der Waals surface area contributed by atoms with E-state index in [-0.39, 0.29) is 0 Å². The number of hydrogen-bond donors (Lipinski definition) is 0. The third kappa shape index (κ3) is 5.08. The predicted octanol–water partition coefficient (Wildman–Crippen LogP) is 5.32. The van der Waals surface area contributed by atoms with Gasteiger partial charge in [0.25, 0.3) is 0 Å². The van der Waals surface area contributed by atoms with E-state index in [1.165, 1.54) is 55.5 Å². The molecule has 2 heterocycles. The van der Waals surface area contributed by atoms with E-state index in [4.69, 9.17) is 5.10 Å². The molecule has 0 amide bonds. The zero-order valence-electron chi connectivity index (χ0n) is 15.7. The van der Waals surface area contributed by atoms with Crippen LogP contribution < -0.4 is 3.71 Å². The summed E-state index contributed by atoms with van der Waals surface area (Å²) in [4.78, 5) is 4.45. The zero-order chi connectivity index (χ0) is 17.3. The Hall–Kier alpha value is -0.841. The van der Waals surface area contributed by atoms with Crippen LogP contribution in [0.2, 0.25) is 13.3 Å². The monoisotopic (exact) mass is 435 g/mol. The molecule has 0 atom stereocenters. The van der Waals surface area contributed by atoms with Gasteiger partial charge in [-0.3, -0.25) is 0 Å². The summed E-state index contributed by atoms with van der Waals surface area (Å²) in [5.41, 5.74) is 0. The molecule has 4 heteroatoms. The number of rotatable bonds is 11. The van der Waals surface area contributed by atoms with Crippen molar-refractivity contribution in [3.05, 3.63) is 36.7 Å². The van der Waals surface area contributed by atoms with E-state index in [9.17, 15) is 0 Å². The topological polar surface area (TPSA) is 30.7 Å². The summed E-state index contributed by atoms with van der Waals surface area (Å²) in [7, 11) is 0. The van der Waals surface area contributed by atoms with Gasteiger partial charge >= 0.3 is 152 Å². The van der Waals surface area contributed by atoms with Crippen LogP contribution in [0.4, 0.5) is 0 Å². The molecule has 0 spiro atoms. The van der Waals surface area contributed by atoms with E-state index >= 15 is 0 Å². The van der Waals surface area contributed by atoms with Gasteiger partial charge in [0, 0.05) is 0 Å². The Balaban J connectivity index is 2.31. The molecule has 0 unspecified atom stereocenters. The van der Waals surface area contributed by atoms with Gasteiger partial charge < -0.3 is 0 Å². The Bertz CT molecular complexity index is 558. The van der Waals surface area contributed by atoms with Gasteiger partial charge in [0.05, 0.1) is 0 Å². The quantitative estimate of drug-likeness (QED) is 0.448. The van der Waals surface area contributed by atoms with E-state index < -0.39 is 18.4 Å². The molecule has 2 rings (SSSR count). The number of aromatic nitrogens is 3. The second-order valence-corrected chi connectivity index (χ2v) is 20.0. The van der Waals surface area contributed by atoms with Crippen molar-refractivity contribution in [2.24, 2.45) is 0 Å². The first-order chi connectivity index (χ1) is 11.8. The first kappa shape index (κ1) is 19.5. The van der Waals surface area contributed by atoms with Crippen LogP contribution in [0.3, 0.4) is 0 Å². The van der Waals surface area contributed by atoms with Gasteiger partial charge in [-0.1, -0.05) is 0 Å². The average molecular weight is 434 g/mol. The number of hydrogen-bond acceptors (Lipinski definition) is 2. The summed E-state index contributed by atoms with van der Waals surface area (Å²) >= 11 is -2.40. The molecule has 132 valence electrons. The van der Waals surface area contributed by atoms with Gasteiger partial charge in [0.15, 0.2) is 0 Å². The zero-order valence-corrected chi connectivity index (χ0v) is 18.5. The van der Waals surface area contributed by atoms with Gasteiger partial charge in [-0.15, -0.1) is 0 Å². The molecule has 0 aliphatic rings. The van der Waals surface area contributed by atoms with Gasteiger partial charge in [0.2, 0.25) is 0 Å². The Morgan fingerprint density at radius 1 is 0.875 bits per heavy atom. The van der Waals surface area contributed by atoms with E-state index in [0.29, 0.717) is 0 Å². The SMILES string of the molecule is CCC[CH2][Sn]([CH2]CCC)([CH2]CCC)[c]1ccn(-c2ccccn2)n1. The van der Waals surface area contributed by atoms with Crippen molar-refractivity contribution in [3.63, 3.8) is 0 Å². The van der Waals surface area contributed by atoms with Crippen molar-refractivity contribution < 1.29 is 0 Å². The minimum absolute atomic E-state index is 0.936. The molecule has 0 bridgehead atoms. The first-order valence-corrected chi connectivity index (χ1v) is 17.2. The molecular formula is C20H33N3Sn. The molecule has 0 aliphatic carbocycles. The summed E-state index contributed by atoms with van der Waals surface area (Å²) in [6, 6.07) is 8.36. The third-order valence-electron chi connectivity index (χ3n) is 5.04. The Morgan fingerprint density at radius 2 is 1.50 bits per heavy atom. The standard InChI is InChI=1S/C8H6N3.3C4H9.Sn/c1-2-5-9-8(4-1)11-7-3-6-10-11;3*1-3-4-2;/h1-5,7H;3*1,3-4H2,2H3;. The van der Waals surface area contributed by atoms with Crippen molar-refractivity contribution in [1.82, 2.24) is 14.8 Å². The normalized spacial score (nSPS) is 11.8. The summed E-state index contributed by atoms with van der Waals surface area (Å²) in [5.74, 6) is 0.936. The molecular weight excluding hydrogens is 401 g/mol. The van der Waals surface area contributed by atoms with Crippen molar-refractivity contribution in [1.29, 1.82) is 0 Å². The predicted molar refractivity (Wildman–Crippen MR) is 106 cm³/mol. The number of pyridine rings is 1. The molecule has 24 heavy (non-hydrogen) atoms. The fourth-order valence-electron chi connectivity index (χ4n) is 3.53. The molecule has 0 aromatic carbocycles. The average Bonchev–Trinajstić information content (AvgIpc) is 3.13. The molecule has 0 saturated heterocycles. The van der Waals surface area contributed by atoms with E-state index in [2.05, 4.69) is 38.0 Å². The maximum atomic E-state index is 5.06. The summed E-state index contributed by atoms with van der Waals surface area (Å²) in [6.07, 6.45) is 12.0. The summed E-state index contributed by atoms with van der Waals surface area (Å²) < 4.78 is 7.86. The van der Waals surface area contributed by atoms with Gasteiger partial charge in [-0.05, 0) is 0 Å². The van der Waals surface area contributed by atoms with Crippen LogP contribution >= 0.6 is 0 Å². The van der Waals surface area contributed by atoms with E-state index in [1.807, 2.05) is 29.1 Å². The van der Waals surface area contributed by atoms with Crippen molar-refractivity contribution >= 4 is 22.1 Å². The second-order valence-electron chi connectivity index (χ2n) is 6.92. The van der Waals surface area contributed by atoms with Gasteiger partial charge in [-0.2, -0.15) is 0 Å². The molecule has 3 nitrogen and oxygen atoms in total. The van der Waals surface area contributed by atoms with Crippen LogP contribution in [0.25, 0.3) is 5.82 Å². The molecule has 0 N–H and O–H groups in total. The fraction of sp³-hybridized carbons (Fsp3) is 0.600. The molecule has 0 saturated carbocycles. The van der Waals surface area contributed by atoms with Gasteiger partial charge in [0.1, 0.15) is 0 Å². The van der Waals surface area contributed by atoms with Crippen molar-refractivity contribution in [2.45, 2.75) is 72.6 Å². The molecule has 0 aliphatic heterocycles. The van der Waals surface area contributed by atoms with Crippen LogP contribution in [-0.4, -0.2) is 33.1 Å². The number of unbranched alkanes of at least 4 members (excludes halogenated alkanes) is 3. The molecule has 0 fully saturated rings. The first-order valence-electron chi connectivity index (χ1n) is 9.73. The second kappa shape index (κ2) is 10.2. The fourth-order valence-corrected chi connectivity index (χ4v) is 18.8. The summed E-state index contributed by atoms with van der Waals surface area (Å²) in [6.45, 7) is 6.97. The third-order valence-corrected chi connectivity index (χ3v) is 20.1. The van der Waals surface area contributed by atoms with Crippen LogP contribution in [0.1, 0.15) is 59.3 Å². The summed E-state index contributed by atoms with van der Waals surface area (Å²) in [5, 5.41) is 5.06. The van der Waals surface area contributed by atoms with Crippen LogP contribution in [-0.2, 0) is 0 Å². The minimum atomic E-state index is -2.40. The van der Waals surface area contributed by atoms with Crippen molar-refractivity contribution in [3.8, 4) is 5.82 Å². The molecule has 0 radical (unpaired) electrons. The molecule has 2 aromatic heterocycles. The Morgan fingerprint density at radius 3 is 2.00 bits per heavy atom. The van der Waals surface area contributed by atoms with Crippen LogP contribution in [0, 0.1) is 0 Å². The van der Waals surface area contributed by atoms with Crippen LogP contribution in [0.15, 0.2) is 36.7 Å². The van der Waals surface area contributed by atoms with Gasteiger partial charge in [-0.25, -0.2) is 0 Å². The Labute approximate surface area is 151 Å². The Kier molecular flexibility index (Phi) is 8.29.